The molecule has 5 heteroatoms. The van der Waals surface area contributed by atoms with Crippen molar-refractivity contribution in [2.24, 2.45) is 0 Å². The minimum atomic E-state index is -0.619. The molecule has 0 aliphatic heterocycles. The zero-order chi connectivity index (χ0) is 14.7. The topological polar surface area (TPSA) is 46.3 Å². The van der Waals surface area contributed by atoms with E-state index in [4.69, 9.17) is 17.3 Å². The van der Waals surface area contributed by atoms with Crippen LogP contribution in [0.25, 0.3) is 0 Å². The molecule has 2 aromatic rings. The summed E-state index contributed by atoms with van der Waals surface area (Å²) in [5, 5.41) is 0.264. The maximum atomic E-state index is 13.7. The SMILES string of the molecule is CN(Cc1ccc(N)cc1)C(=O)c1ccc(Cl)cc1F. The van der Waals surface area contributed by atoms with Crippen LogP contribution in [0.4, 0.5) is 10.1 Å². The van der Waals surface area contributed by atoms with Gasteiger partial charge in [-0.25, -0.2) is 4.39 Å². The molecular formula is C15H14ClFN2O. The molecule has 0 radical (unpaired) electrons. The first-order valence-electron chi connectivity index (χ1n) is 6.02. The minimum absolute atomic E-state index is 0.00680. The zero-order valence-electron chi connectivity index (χ0n) is 10.9. The van der Waals surface area contributed by atoms with Crippen molar-refractivity contribution in [3.63, 3.8) is 0 Å². The van der Waals surface area contributed by atoms with Gasteiger partial charge in [0, 0.05) is 24.3 Å². The molecule has 2 aromatic carbocycles. The number of hydrogen-bond donors (Lipinski definition) is 1. The predicted octanol–water partition coefficient (Wildman–Crippen LogP) is 3.33. The highest BCUT2D eigenvalue weighted by Crippen LogP contribution is 2.17. The highest BCUT2D eigenvalue weighted by atomic mass is 35.5. The van der Waals surface area contributed by atoms with Gasteiger partial charge in [0.1, 0.15) is 5.82 Å². The molecule has 3 nitrogen and oxygen atoms in total. The fraction of sp³-hybridized carbons (Fsp3) is 0.133. The third-order valence-corrected chi connectivity index (χ3v) is 3.14. The monoisotopic (exact) mass is 292 g/mol. The smallest absolute Gasteiger partial charge is 0.256 e. The summed E-state index contributed by atoms with van der Waals surface area (Å²) in [6.07, 6.45) is 0. The number of hydrogen-bond acceptors (Lipinski definition) is 2. The Morgan fingerprint density at radius 1 is 1.25 bits per heavy atom. The largest absolute Gasteiger partial charge is 0.399 e. The Labute approximate surface area is 121 Å². The lowest BCUT2D eigenvalue weighted by Crippen LogP contribution is -2.27. The van der Waals surface area contributed by atoms with Crippen LogP contribution in [-0.4, -0.2) is 17.9 Å². The molecule has 0 aliphatic rings. The Bertz CT molecular complexity index is 628. The molecular weight excluding hydrogens is 279 g/mol. The summed E-state index contributed by atoms with van der Waals surface area (Å²) >= 11 is 5.67. The third-order valence-electron chi connectivity index (χ3n) is 2.91. The van der Waals surface area contributed by atoms with E-state index in [1.54, 1.807) is 19.2 Å². The second-order valence-corrected chi connectivity index (χ2v) is 4.96. The predicted molar refractivity (Wildman–Crippen MR) is 78.1 cm³/mol. The molecule has 104 valence electrons. The molecule has 2 rings (SSSR count). The number of benzene rings is 2. The first-order valence-corrected chi connectivity index (χ1v) is 6.40. The van der Waals surface area contributed by atoms with Crippen molar-refractivity contribution in [1.29, 1.82) is 0 Å². The van der Waals surface area contributed by atoms with Gasteiger partial charge in [-0.15, -0.1) is 0 Å². The molecule has 0 spiro atoms. The van der Waals surface area contributed by atoms with Crippen LogP contribution in [0.3, 0.4) is 0 Å². The van der Waals surface area contributed by atoms with E-state index in [0.717, 1.165) is 11.6 Å². The normalized spacial score (nSPS) is 10.3. The number of carbonyl (C=O) groups excluding carboxylic acids is 1. The Hall–Kier alpha value is -2.07. The van der Waals surface area contributed by atoms with E-state index in [1.807, 2.05) is 12.1 Å². The molecule has 0 unspecified atom stereocenters. The standard InChI is InChI=1S/C15H14ClFN2O/c1-19(9-10-2-5-12(18)6-3-10)15(20)13-7-4-11(16)8-14(13)17/h2-8H,9,18H2,1H3. The van der Waals surface area contributed by atoms with Crippen molar-refractivity contribution in [2.45, 2.75) is 6.54 Å². The molecule has 0 heterocycles. The number of nitrogens with two attached hydrogens (primary N) is 1. The van der Waals surface area contributed by atoms with Crippen LogP contribution < -0.4 is 5.73 Å². The van der Waals surface area contributed by atoms with E-state index in [2.05, 4.69) is 0 Å². The van der Waals surface area contributed by atoms with E-state index >= 15 is 0 Å². The molecule has 1 amide bonds. The Morgan fingerprint density at radius 3 is 2.50 bits per heavy atom. The van der Waals surface area contributed by atoms with E-state index in [-0.39, 0.29) is 10.6 Å². The van der Waals surface area contributed by atoms with Gasteiger partial charge in [-0.3, -0.25) is 4.79 Å². The maximum absolute atomic E-state index is 13.7. The summed E-state index contributed by atoms with van der Waals surface area (Å²) in [4.78, 5) is 13.6. The molecule has 0 bridgehead atoms. The van der Waals surface area contributed by atoms with Gasteiger partial charge in [0.15, 0.2) is 0 Å². The van der Waals surface area contributed by atoms with Crippen LogP contribution in [0.2, 0.25) is 5.02 Å². The van der Waals surface area contributed by atoms with E-state index in [1.165, 1.54) is 17.0 Å². The van der Waals surface area contributed by atoms with Crippen molar-refractivity contribution in [3.8, 4) is 0 Å². The van der Waals surface area contributed by atoms with Gasteiger partial charge in [0.25, 0.3) is 5.91 Å². The highest BCUT2D eigenvalue weighted by molar-refractivity contribution is 6.30. The first-order chi connectivity index (χ1) is 9.47. The van der Waals surface area contributed by atoms with Crippen molar-refractivity contribution in [2.75, 3.05) is 12.8 Å². The lowest BCUT2D eigenvalue weighted by atomic mass is 10.1. The molecule has 2 N–H and O–H groups in total. The van der Waals surface area contributed by atoms with Gasteiger partial charge in [-0.05, 0) is 35.9 Å². The molecule has 20 heavy (non-hydrogen) atoms. The summed E-state index contributed by atoms with van der Waals surface area (Å²) in [6, 6.07) is 11.2. The molecule has 0 aliphatic carbocycles. The van der Waals surface area contributed by atoms with Gasteiger partial charge in [-0.2, -0.15) is 0 Å². The fourth-order valence-electron chi connectivity index (χ4n) is 1.84. The molecule has 0 saturated carbocycles. The van der Waals surface area contributed by atoms with E-state index in [9.17, 15) is 9.18 Å². The Balaban J connectivity index is 2.14. The van der Waals surface area contributed by atoms with Crippen LogP contribution in [0, 0.1) is 5.82 Å². The second-order valence-electron chi connectivity index (χ2n) is 4.53. The Morgan fingerprint density at radius 2 is 1.90 bits per heavy atom. The summed E-state index contributed by atoms with van der Waals surface area (Å²) in [5.74, 6) is -1.01. The van der Waals surface area contributed by atoms with Crippen LogP contribution in [0.1, 0.15) is 15.9 Å². The Kier molecular flexibility index (Phi) is 4.25. The summed E-state index contributed by atoms with van der Waals surface area (Å²) in [7, 11) is 1.62. The average Bonchev–Trinajstić information content (AvgIpc) is 2.40. The van der Waals surface area contributed by atoms with Crippen LogP contribution >= 0.6 is 11.6 Å². The van der Waals surface area contributed by atoms with Crippen molar-refractivity contribution < 1.29 is 9.18 Å². The van der Waals surface area contributed by atoms with Crippen LogP contribution in [0.5, 0.6) is 0 Å². The molecule has 0 fully saturated rings. The first kappa shape index (κ1) is 14.3. The van der Waals surface area contributed by atoms with Crippen molar-refractivity contribution in [3.05, 3.63) is 64.4 Å². The molecule has 0 saturated heterocycles. The number of nitrogen functional groups attached to an aromatic ring is 1. The number of amides is 1. The van der Waals surface area contributed by atoms with Gasteiger partial charge >= 0.3 is 0 Å². The van der Waals surface area contributed by atoms with E-state index < -0.39 is 11.7 Å². The summed E-state index contributed by atoms with van der Waals surface area (Å²) in [5.41, 5.74) is 7.19. The van der Waals surface area contributed by atoms with Gasteiger partial charge in [-0.1, -0.05) is 23.7 Å². The van der Waals surface area contributed by atoms with Gasteiger partial charge < -0.3 is 10.6 Å². The maximum Gasteiger partial charge on any atom is 0.256 e. The quantitative estimate of drug-likeness (QED) is 0.882. The molecule has 0 atom stereocenters. The third kappa shape index (κ3) is 3.27. The van der Waals surface area contributed by atoms with E-state index in [0.29, 0.717) is 12.2 Å². The summed E-state index contributed by atoms with van der Waals surface area (Å²) in [6.45, 7) is 0.376. The van der Waals surface area contributed by atoms with Crippen molar-refractivity contribution >= 4 is 23.2 Å². The fourth-order valence-corrected chi connectivity index (χ4v) is 2.00. The number of rotatable bonds is 3. The number of halogens is 2. The van der Waals surface area contributed by atoms with Crippen LogP contribution in [-0.2, 0) is 6.54 Å². The lowest BCUT2D eigenvalue weighted by molar-refractivity contribution is 0.0780. The highest BCUT2D eigenvalue weighted by Gasteiger charge is 2.16. The van der Waals surface area contributed by atoms with Crippen molar-refractivity contribution in [1.82, 2.24) is 4.90 Å². The van der Waals surface area contributed by atoms with Gasteiger partial charge in [0.05, 0.1) is 5.56 Å². The zero-order valence-corrected chi connectivity index (χ0v) is 11.7. The van der Waals surface area contributed by atoms with Gasteiger partial charge in [0.2, 0.25) is 0 Å². The number of nitrogens with zero attached hydrogens (tertiary/aromatic N) is 1. The van der Waals surface area contributed by atoms with Crippen LogP contribution in [0.15, 0.2) is 42.5 Å². The molecule has 0 aromatic heterocycles. The average molecular weight is 293 g/mol. The summed E-state index contributed by atoms with van der Waals surface area (Å²) < 4.78 is 13.7. The lowest BCUT2D eigenvalue weighted by Gasteiger charge is -2.18. The second kappa shape index (κ2) is 5.92. The number of anilines is 1. The minimum Gasteiger partial charge on any atom is -0.399 e. The number of carbonyl (C=O) groups is 1.